The Kier molecular flexibility index (Phi) is 7.37. The maximum absolute atomic E-state index is 13.1. The zero-order valence-electron chi connectivity index (χ0n) is 21.0. The molecule has 0 aliphatic rings. The van der Waals surface area contributed by atoms with E-state index in [1.54, 1.807) is 7.11 Å². The molecule has 0 aliphatic carbocycles. The standard InChI is InChI=1S/C29H30N6O2/c1-3-27(28-31-32-33-35(28)19-22-12-8-5-9-13-22)34(18-21-10-6-4-7-11-21)20-24-16-23-17-25(37-2)14-15-26(23)30-29(24)36/h4-17,27H,3,18-20H2,1-2H3,(H,30,36). The fourth-order valence-electron chi connectivity index (χ4n) is 4.71. The van der Waals surface area contributed by atoms with Crippen molar-refractivity contribution in [3.8, 4) is 5.75 Å². The van der Waals surface area contributed by atoms with E-state index in [4.69, 9.17) is 4.74 Å². The first kappa shape index (κ1) is 24.4. The van der Waals surface area contributed by atoms with Gasteiger partial charge < -0.3 is 9.72 Å². The van der Waals surface area contributed by atoms with Crippen molar-refractivity contribution in [1.29, 1.82) is 0 Å². The van der Waals surface area contributed by atoms with Gasteiger partial charge in [0.05, 0.1) is 19.7 Å². The SMILES string of the molecule is CCC(c1nnnn1Cc1ccccc1)N(Cc1ccccc1)Cc1cc2cc(OC)ccc2[nH]c1=O. The predicted molar refractivity (Wildman–Crippen MR) is 143 cm³/mol. The molecule has 37 heavy (non-hydrogen) atoms. The van der Waals surface area contributed by atoms with Crippen molar-refractivity contribution in [3.63, 3.8) is 0 Å². The molecule has 1 unspecified atom stereocenters. The second kappa shape index (κ2) is 11.2. The number of aromatic amines is 1. The van der Waals surface area contributed by atoms with Gasteiger partial charge >= 0.3 is 0 Å². The van der Waals surface area contributed by atoms with Gasteiger partial charge in [-0.2, -0.15) is 0 Å². The van der Waals surface area contributed by atoms with E-state index in [1.807, 2.05) is 65.3 Å². The van der Waals surface area contributed by atoms with E-state index in [9.17, 15) is 4.79 Å². The highest BCUT2D eigenvalue weighted by Crippen LogP contribution is 2.27. The Hall–Kier alpha value is -4.30. The lowest BCUT2D eigenvalue weighted by atomic mass is 10.1. The van der Waals surface area contributed by atoms with Crippen LogP contribution in [0.2, 0.25) is 0 Å². The number of pyridine rings is 1. The van der Waals surface area contributed by atoms with E-state index in [2.05, 4.69) is 56.6 Å². The second-order valence-electron chi connectivity index (χ2n) is 9.07. The number of methoxy groups -OCH3 is 1. The maximum Gasteiger partial charge on any atom is 0.252 e. The summed E-state index contributed by atoms with van der Waals surface area (Å²) < 4.78 is 7.25. The minimum Gasteiger partial charge on any atom is -0.497 e. The average molecular weight is 495 g/mol. The normalized spacial score (nSPS) is 12.2. The summed E-state index contributed by atoms with van der Waals surface area (Å²) in [6.45, 7) is 3.79. The highest BCUT2D eigenvalue weighted by molar-refractivity contribution is 5.80. The van der Waals surface area contributed by atoms with E-state index in [0.29, 0.717) is 25.2 Å². The molecule has 5 rings (SSSR count). The zero-order chi connectivity index (χ0) is 25.6. The summed E-state index contributed by atoms with van der Waals surface area (Å²) in [7, 11) is 1.64. The van der Waals surface area contributed by atoms with Gasteiger partial charge in [-0.05, 0) is 52.2 Å². The number of hydrogen-bond acceptors (Lipinski definition) is 6. The number of aromatic nitrogens is 5. The lowest BCUT2D eigenvalue weighted by Crippen LogP contribution is -2.32. The molecule has 8 nitrogen and oxygen atoms in total. The van der Waals surface area contributed by atoms with Crippen LogP contribution in [-0.2, 0) is 19.6 Å². The summed E-state index contributed by atoms with van der Waals surface area (Å²) in [5.74, 6) is 1.53. The van der Waals surface area contributed by atoms with Gasteiger partial charge in [-0.3, -0.25) is 9.69 Å². The predicted octanol–water partition coefficient (Wildman–Crippen LogP) is 4.73. The van der Waals surface area contributed by atoms with Crippen molar-refractivity contribution < 1.29 is 4.74 Å². The van der Waals surface area contributed by atoms with E-state index < -0.39 is 0 Å². The van der Waals surface area contributed by atoms with Crippen LogP contribution in [0.3, 0.4) is 0 Å². The van der Waals surface area contributed by atoms with Crippen LogP contribution in [0.25, 0.3) is 10.9 Å². The number of ether oxygens (including phenoxy) is 1. The van der Waals surface area contributed by atoms with Crippen molar-refractivity contribution in [2.75, 3.05) is 7.11 Å². The Bertz CT molecular complexity index is 1510. The molecule has 0 fully saturated rings. The molecule has 2 aromatic heterocycles. The number of fused-ring (bicyclic) bond motifs is 1. The van der Waals surface area contributed by atoms with Gasteiger partial charge in [0.1, 0.15) is 5.75 Å². The molecule has 0 saturated carbocycles. The molecule has 1 N–H and O–H groups in total. The monoisotopic (exact) mass is 494 g/mol. The van der Waals surface area contributed by atoms with E-state index in [0.717, 1.165) is 40.0 Å². The molecule has 2 heterocycles. The molecule has 8 heteroatoms. The van der Waals surface area contributed by atoms with Gasteiger partial charge in [0.2, 0.25) is 0 Å². The molecule has 5 aromatic rings. The Morgan fingerprint density at radius 1 is 0.946 bits per heavy atom. The maximum atomic E-state index is 13.1. The van der Waals surface area contributed by atoms with Crippen molar-refractivity contribution in [3.05, 3.63) is 118 Å². The molecule has 3 aromatic carbocycles. The van der Waals surface area contributed by atoms with Crippen molar-refractivity contribution >= 4 is 10.9 Å². The minimum absolute atomic E-state index is 0.0978. The quantitative estimate of drug-likeness (QED) is 0.302. The Morgan fingerprint density at radius 3 is 2.38 bits per heavy atom. The van der Waals surface area contributed by atoms with Crippen LogP contribution in [0.4, 0.5) is 0 Å². The van der Waals surface area contributed by atoms with Crippen LogP contribution < -0.4 is 10.3 Å². The largest absolute Gasteiger partial charge is 0.497 e. The second-order valence-corrected chi connectivity index (χ2v) is 9.07. The summed E-state index contributed by atoms with van der Waals surface area (Å²) in [5, 5.41) is 13.7. The van der Waals surface area contributed by atoms with Crippen LogP contribution in [-0.4, -0.2) is 37.2 Å². The molecule has 0 amide bonds. The molecular formula is C29H30N6O2. The Labute approximate surface area is 215 Å². The molecule has 188 valence electrons. The van der Waals surface area contributed by atoms with Gasteiger partial charge in [-0.15, -0.1) is 5.10 Å². The summed E-state index contributed by atoms with van der Waals surface area (Å²) in [6, 6.07) is 27.9. The smallest absolute Gasteiger partial charge is 0.252 e. The third kappa shape index (κ3) is 5.59. The van der Waals surface area contributed by atoms with Crippen molar-refractivity contribution in [2.24, 2.45) is 0 Å². The molecule has 0 spiro atoms. The zero-order valence-corrected chi connectivity index (χ0v) is 21.0. The number of nitrogens with zero attached hydrogens (tertiary/aromatic N) is 5. The third-order valence-corrected chi connectivity index (χ3v) is 6.59. The Morgan fingerprint density at radius 2 is 1.68 bits per heavy atom. The first-order valence-corrected chi connectivity index (χ1v) is 12.4. The topological polar surface area (TPSA) is 88.9 Å². The van der Waals surface area contributed by atoms with Gasteiger partial charge in [0.25, 0.3) is 5.56 Å². The van der Waals surface area contributed by atoms with Crippen LogP contribution in [0, 0.1) is 0 Å². The lowest BCUT2D eigenvalue weighted by Gasteiger charge is -2.30. The number of tetrazole rings is 1. The average Bonchev–Trinajstić information content (AvgIpc) is 3.38. The number of H-pyrrole nitrogens is 1. The van der Waals surface area contributed by atoms with Gasteiger partial charge in [-0.1, -0.05) is 67.6 Å². The highest BCUT2D eigenvalue weighted by Gasteiger charge is 2.26. The van der Waals surface area contributed by atoms with Gasteiger partial charge in [-0.25, -0.2) is 4.68 Å². The highest BCUT2D eigenvalue weighted by atomic mass is 16.5. The van der Waals surface area contributed by atoms with Gasteiger partial charge in [0, 0.05) is 29.6 Å². The van der Waals surface area contributed by atoms with Crippen molar-refractivity contribution in [2.45, 2.75) is 39.0 Å². The van der Waals surface area contributed by atoms with Gasteiger partial charge in [0.15, 0.2) is 5.82 Å². The fourth-order valence-corrected chi connectivity index (χ4v) is 4.71. The molecule has 0 aliphatic heterocycles. The molecule has 0 radical (unpaired) electrons. The van der Waals surface area contributed by atoms with Crippen molar-refractivity contribution in [1.82, 2.24) is 30.1 Å². The Balaban J connectivity index is 1.52. The first-order valence-electron chi connectivity index (χ1n) is 12.4. The molecule has 0 saturated heterocycles. The van der Waals surface area contributed by atoms with Crippen LogP contribution in [0.1, 0.15) is 41.9 Å². The van der Waals surface area contributed by atoms with Crippen LogP contribution >= 0.6 is 0 Å². The molecule has 0 bridgehead atoms. The fraction of sp³-hybridized carbons (Fsp3) is 0.241. The van der Waals surface area contributed by atoms with E-state index in [1.165, 1.54) is 0 Å². The number of nitrogens with one attached hydrogen (secondary N) is 1. The number of hydrogen-bond donors (Lipinski definition) is 1. The molecule has 1 atom stereocenters. The molecular weight excluding hydrogens is 464 g/mol. The third-order valence-electron chi connectivity index (χ3n) is 6.59. The van der Waals surface area contributed by atoms with E-state index in [-0.39, 0.29) is 11.6 Å². The number of benzene rings is 3. The summed E-state index contributed by atoms with van der Waals surface area (Å²) in [6.07, 6.45) is 0.779. The van der Waals surface area contributed by atoms with Crippen LogP contribution in [0.5, 0.6) is 5.75 Å². The lowest BCUT2D eigenvalue weighted by molar-refractivity contribution is 0.161. The summed E-state index contributed by atoms with van der Waals surface area (Å²) in [4.78, 5) is 18.4. The van der Waals surface area contributed by atoms with Crippen LogP contribution in [0.15, 0.2) is 89.7 Å². The first-order chi connectivity index (χ1) is 18.1. The number of rotatable bonds is 10. The minimum atomic E-state index is -0.102. The summed E-state index contributed by atoms with van der Waals surface area (Å²) in [5.41, 5.74) is 3.64. The summed E-state index contributed by atoms with van der Waals surface area (Å²) >= 11 is 0. The van der Waals surface area contributed by atoms with E-state index >= 15 is 0 Å².